The van der Waals surface area contributed by atoms with Crippen molar-refractivity contribution in [3.63, 3.8) is 0 Å². The molecule has 3 aromatic heterocycles. The highest BCUT2D eigenvalue weighted by Gasteiger charge is 2.27. The van der Waals surface area contributed by atoms with Gasteiger partial charge in [-0.2, -0.15) is 0 Å². The standard InChI is InChI=1S/C18H16N2O5S/c1-2-23-18(22)14-10-5-3-7-13(10)26-16(14)19-9-11-17(21)25-15(20-11)12-6-4-8-24-12/h4,6,8-9,21H,2-3,5,7H2,1H3. The van der Waals surface area contributed by atoms with Gasteiger partial charge in [-0.15, -0.1) is 11.3 Å². The van der Waals surface area contributed by atoms with E-state index in [9.17, 15) is 9.90 Å². The van der Waals surface area contributed by atoms with Crippen LogP contribution in [-0.4, -0.2) is 28.9 Å². The van der Waals surface area contributed by atoms with Crippen LogP contribution in [0.5, 0.6) is 5.95 Å². The first-order valence-electron chi connectivity index (χ1n) is 8.26. The maximum atomic E-state index is 12.3. The predicted molar refractivity (Wildman–Crippen MR) is 95.4 cm³/mol. The Bertz CT molecular complexity index is 968. The van der Waals surface area contributed by atoms with Crippen LogP contribution in [0.1, 0.15) is 39.8 Å². The van der Waals surface area contributed by atoms with Crippen molar-refractivity contribution in [2.45, 2.75) is 26.2 Å². The van der Waals surface area contributed by atoms with Crippen LogP contribution in [0.25, 0.3) is 11.7 Å². The van der Waals surface area contributed by atoms with Crippen LogP contribution in [0.15, 0.2) is 32.2 Å². The fraction of sp³-hybridized carbons (Fsp3) is 0.278. The molecule has 26 heavy (non-hydrogen) atoms. The maximum Gasteiger partial charge on any atom is 0.341 e. The highest BCUT2D eigenvalue weighted by molar-refractivity contribution is 7.16. The minimum Gasteiger partial charge on any atom is -0.479 e. The van der Waals surface area contributed by atoms with Gasteiger partial charge in [0, 0.05) is 4.88 Å². The zero-order valence-electron chi connectivity index (χ0n) is 14.0. The number of carbonyl (C=O) groups is 1. The Kier molecular flexibility index (Phi) is 4.34. The molecule has 0 bridgehead atoms. The van der Waals surface area contributed by atoms with Crippen LogP contribution in [0.4, 0.5) is 5.00 Å². The molecule has 1 N–H and O–H groups in total. The van der Waals surface area contributed by atoms with E-state index in [0.717, 1.165) is 24.8 Å². The molecule has 1 aliphatic carbocycles. The maximum absolute atomic E-state index is 12.3. The lowest BCUT2D eigenvalue weighted by molar-refractivity contribution is 0.0527. The van der Waals surface area contributed by atoms with E-state index in [1.165, 1.54) is 28.7 Å². The Morgan fingerprint density at radius 3 is 3.15 bits per heavy atom. The number of carbonyl (C=O) groups excluding carboxylic acids is 1. The highest BCUT2D eigenvalue weighted by atomic mass is 32.1. The van der Waals surface area contributed by atoms with Crippen LogP contribution in [0.2, 0.25) is 0 Å². The molecule has 134 valence electrons. The van der Waals surface area contributed by atoms with E-state index in [0.29, 0.717) is 22.9 Å². The second kappa shape index (κ2) is 6.80. The van der Waals surface area contributed by atoms with Gasteiger partial charge in [-0.05, 0) is 43.9 Å². The Balaban J connectivity index is 1.66. The lowest BCUT2D eigenvalue weighted by atomic mass is 10.1. The first-order chi connectivity index (χ1) is 12.7. The normalized spacial score (nSPS) is 13.4. The monoisotopic (exact) mass is 372 g/mol. The third-order valence-electron chi connectivity index (χ3n) is 4.05. The third-order valence-corrected chi connectivity index (χ3v) is 5.25. The zero-order valence-corrected chi connectivity index (χ0v) is 14.8. The lowest BCUT2D eigenvalue weighted by Gasteiger charge is -2.03. The topological polar surface area (TPSA) is 98.1 Å². The number of aryl methyl sites for hydroxylation is 1. The molecular weight excluding hydrogens is 356 g/mol. The Morgan fingerprint density at radius 2 is 2.38 bits per heavy atom. The van der Waals surface area contributed by atoms with Crippen LogP contribution < -0.4 is 0 Å². The van der Waals surface area contributed by atoms with E-state index >= 15 is 0 Å². The molecule has 7 nitrogen and oxygen atoms in total. The predicted octanol–water partition coefficient (Wildman–Crippen LogP) is 4.12. The molecule has 4 rings (SSSR count). The Morgan fingerprint density at radius 1 is 1.50 bits per heavy atom. The van der Waals surface area contributed by atoms with Crippen molar-refractivity contribution in [1.82, 2.24) is 4.98 Å². The number of aromatic hydroxyl groups is 1. The minimum atomic E-state index is -0.361. The zero-order chi connectivity index (χ0) is 18.1. The van der Waals surface area contributed by atoms with Gasteiger partial charge >= 0.3 is 11.9 Å². The van der Waals surface area contributed by atoms with Crippen molar-refractivity contribution in [3.8, 4) is 17.6 Å². The van der Waals surface area contributed by atoms with Gasteiger partial charge < -0.3 is 18.7 Å². The van der Waals surface area contributed by atoms with Gasteiger partial charge in [-0.3, -0.25) is 0 Å². The summed E-state index contributed by atoms with van der Waals surface area (Å²) < 4.78 is 15.6. The van der Waals surface area contributed by atoms with Gasteiger partial charge in [0.25, 0.3) is 5.89 Å². The molecule has 0 spiro atoms. The van der Waals surface area contributed by atoms with E-state index in [2.05, 4.69) is 9.98 Å². The molecule has 0 aromatic carbocycles. The molecule has 0 atom stereocenters. The van der Waals surface area contributed by atoms with Gasteiger partial charge in [-0.1, -0.05) is 0 Å². The number of hydrogen-bond acceptors (Lipinski definition) is 8. The number of esters is 1. The molecule has 1 aliphatic rings. The van der Waals surface area contributed by atoms with Crippen LogP contribution in [0.3, 0.4) is 0 Å². The fourth-order valence-electron chi connectivity index (χ4n) is 2.93. The number of nitrogens with zero attached hydrogens (tertiary/aromatic N) is 2. The van der Waals surface area contributed by atoms with Gasteiger partial charge in [-0.25, -0.2) is 14.8 Å². The number of fused-ring (bicyclic) bond motifs is 1. The summed E-state index contributed by atoms with van der Waals surface area (Å²) in [6, 6.07) is 3.37. The van der Waals surface area contributed by atoms with E-state index in [1.54, 1.807) is 19.1 Å². The Labute approximate surface area is 153 Å². The van der Waals surface area contributed by atoms with Crippen molar-refractivity contribution >= 4 is 28.5 Å². The van der Waals surface area contributed by atoms with Crippen molar-refractivity contribution in [2.24, 2.45) is 4.99 Å². The number of rotatable bonds is 5. The molecule has 0 unspecified atom stereocenters. The molecule has 3 aromatic rings. The van der Waals surface area contributed by atoms with Gasteiger partial charge in [0.2, 0.25) is 0 Å². The van der Waals surface area contributed by atoms with Crippen LogP contribution in [0, 0.1) is 0 Å². The number of oxazole rings is 1. The van der Waals surface area contributed by atoms with E-state index in [1.807, 2.05) is 0 Å². The molecule has 0 aliphatic heterocycles. The average molecular weight is 372 g/mol. The van der Waals surface area contributed by atoms with Gasteiger partial charge in [0.05, 0.1) is 24.6 Å². The lowest BCUT2D eigenvalue weighted by Crippen LogP contribution is -2.06. The largest absolute Gasteiger partial charge is 0.479 e. The van der Waals surface area contributed by atoms with Crippen molar-refractivity contribution in [1.29, 1.82) is 0 Å². The average Bonchev–Trinajstić information content (AvgIpc) is 3.37. The Hall–Kier alpha value is -2.87. The summed E-state index contributed by atoms with van der Waals surface area (Å²) in [7, 11) is 0. The summed E-state index contributed by atoms with van der Waals surface area (Å²) in [5, 5.41) is 10.5. The number of thiophene rings is 1. The summed E-state index contributed by atoms with van der Waals surface area (Å²) in [4.78, 5) is 22.1. The number of furan rings is 1. The van der Waals surface area contributed by atoms with E-state index in [-0.39, 0.29) is 23.5 Å². The van der Waals surface area contributed by atoms with Gasteiger partial charge in [0.1, 0.15) is 5.00 Å². The SMILES string of the molecule is CCOC(=O)c1c(N=Cc2nc(-c3ccco3)oc2O)sc2c1CCC2. The molecular formula is C18H16N2O5S. The molecule has 0 amide bonds. The third kappa shape index (κ3) is 2.92. The second-order valence-corrected chi connectivity index (χ2v) is 6.79. The van der Waals surface area contributed by atoms with E-state index < -0.39 is 0 Å². The molecule has 3 heterocycles. The molecule has 0 saturated heterocycles. The summed E-state index contributed by atoms with van der Waals surface area (Å²) in [5.74, 6) is -0.155. The summed E-state index contributed by atoms with van der Waals surface area (Å²) in [5.41, 5.74) is 1.72. The van der Waals surface area contributed by atoms with Crippen molar-refractivity contribution in [3.05, 3.63) is 40.1 Å². The summed E-state index contributed by atoms with van der Waals surface area (Å²) in [6.45, 7) is 2.08. The first kappa shape index (κ1) is 16.6. The van der Waals surface area contributed by atoms with Crippen molar-refractivity contribution < 1.29 is 23.5 Å². The first-order valence-corrected chi connectivity index (χ1v) is 9.08. The second-order valence-electron chi connectivity index (χ2n) is 5.70. The minimum absolute atomic E-state index is 0.160. The quantitative estimate of drug-likeness (QED) is 0.534. The molecule has 0 fully saturated rings. The van der Waals surface area contributed by atoms with Crippen molar-refractivity contribution in [2.75, 3.05) is 6.61 Å². The van der Waals surface area contributed by atoms with E-state index in [4.69, 9.17) is 13.6 Å². The smallest absolute Gasteiger partial charge is 0.341 e. The molecule has 8 heteroatoms. The van der Waals surface area contributed by atoms with Gasteiger partial charge in [0.15, 0.2) is 11.5 Å². The fourth-order valence-corrected chi connectivity index (χ4v) is 4.15. The number of hydrogen-bond donors (Lipinski definition) is 1. The van der Waals surface area contributed by atoms with Crippen LogP contribution in [-0.2, 0) is 17.6 Å². The van der Waals surface area contributed by atoms with Crippen LogP contribution >= 0.6 is 11.3 Å². The summed E-state index contributed by atoms with van der Waals surface area (Å²) >= 11 is 1.48. The molecule has 0 saturated carbocycles. The number of aromatic nitrogens is 1. The number of ether oxygens (including phenoxy) is 1. The molecule has 0 radical (unpaired) electrons. The summed E-state index contributed by atoms with van der Waals surface area (Å²) in [6.07, 6.45) is 5.71. The highest BCUT2D eigenvalue weighted by Crippen LogP contribution is 2.41. The number of aliphatic imine (C=N–C) groups is 1.